The van der Waals surface area contributed by atoms with E-state index in [2.05, 4.69) is 25.4 Å². The number of benzene rings is 2. The fourth-order valence-corrected chi connectivity index (χ4v) is 4.59. The van der Waals surface area contributed by atoms with Crippen LogP contribution in [-0.2, 0) is 17.8 Å². The molecule has 0 fully saturated rings. The van der Waals surface area contributed by atoms with Crippen molar-refractivity contribution in [1.82, 2.24) is 20.1 Å². The van der Waals surface area contributed by atoms with E-state index in [0.29, 0.717) is 23.4 Å². The SMILES string of the molecule is COc1ccc(C(=O)NC(CCSC)C(=O)Nc2ccc(-c3nnc4n3CCCCC4)cc2)cc1. The number of carbonyl (C=O) groups excluding carboxylic acids is 2. The van der Waals surface area contributed by atoms with Crippen molar-refractivity contribution in [1.29, 1.82) is 0 Å². The Kier molecular flexibility index (Phi) is 8.41. The van der Waals surface area contributed by atoms with E-state index in [1.165, 1.54) is 6.42 Å². The smallest absolute Gasteiger partial charge is 0.251 e. The molecule has 1 aromatic heterocycles. The number of aromatic nitrogens is 3. The fourth-order valence-electron chi connectivity index (χ4n) is 4.12. The van der Waals surface area contributed by atoms with Crippen molar-refractivity contribution in [3.8, 4) is 17.1 Å². The van der Waals surface area contributed by atoms with Crippen LogP contribution in [0.15, 0.2) is 48.5 Å². The number of hydrogen-bond acceptors (Lipinski definition) is 6. The van der Waals surface area contributed by atoms with Crippen molar-refractivity contribution in [3.05, 3.63) is 59.9 Å². The van der Waals surface area contributed by atoms with Gasteiger partial charge in [0, 0.05) is 29.8 Å². The molecule has 0 bridgehead atoms. The summed E-state index contributed by atoms with van der Waals surface area (Å²) >= 11 is 1.63. The van der Waals surface area contributed by atoms with Gasteiger partial charge in [0.05, 0.1) is 7.11 Å². The van der Waals surface area contributed by atoms with Gasteiger partial charge in [-0.15, -0.1) is 10.2 Å². The Morgan fingerprint density at radius 2 is 1.83 bits per heavy atom. The van der Waals surface area contributed by atoms with Crippen LogP contribution in [0.2, 0.25) is 0 Å². The van der Waals surface area contributed by atoms with E-state index in [4.69, 9.17) is 4.74 Å². The predicted molar refractivity (Wildman–Crippen MR) is 139 cm³/mol. The molecule has 1 atom stereocenters. The minimum absolute atomic E-state index is 0.245. The second-order valence-corrected chi connectivity index (χ2v) is 9.49. The van der Waals surface area contributed by atoms with Crippen molar-refractivity contribution in [2.75, 3.05) is 24.4 Å². The Morgan fingerprint density at radius 3 is 2.54 bits per heavy atom. The molecule has 0 saturated heterocycles. The summed E-state index contributed by atoms with van der Waals surface area (Å²) in [5.41, 5.74) is 2.11. The molecule has 9 heteroatoms. The van der Waals surface area contributed by atoms with Gasteiger partial charge in [-0.2, -0.15) is 11.8 Å². The van der Waals surface area contributed by atoms with E-state index >= 15 is 0 Å². The maximum absolute atomic E-state index is 13.0. The highest BCUT2D eigenvalue weighted by Crippen LogP contribution is 2.24. The number of thioether (sulfide) groups is 1. The Hall–Kier alpha value is -3.33. The van der Waals surface area contributed by atoms with Gasteiger partial charge in [0.15, 0.2) is 5.82 Å². The molecule has 2 amide bonds. The zero-order valence-corrected chi connectivity index (χ0v) is 20.9. The molecule has 0 saturated carbocycles. The lowest BCUT2D eigenvalue weighted by Gasteiger charge is -2.18. The quantitative estimate of drug-likeness (QED) is 0.464. The fraction of sp³-hybridized carbons (Fsp3) is 0.385. The molecule has 3 aromatic rings. The molecule has 2 aromatic carbocycles. The maximum atomic E-state index is 13.0. The van der Waals surface area contributed by atoms with Gasteiger partial charge in [0.1, 0.15) is 17.6 Å². The highest BCUT2D eigenvalue weighted by molar-refractivity contribution is 7.98. The molecule has 0 aliphatic carbocycles. The van der Waals surface area contributed by atoms with E-state index in [1.54, 1.807) is 43.1 Å². The Labute approximate surface area is 209 Å². The Morgan fingerprint density at radius 1 is 1.06 bits per heavy atom. The normalized spacial score (nSPS) is 13.9. The number of ether oxygens (including phenoxy) is 1. The number of methoxy groups -OCH3 is 1. The van der Waals surface area contributed by atoms with Crippen LogP contribution in [-0.4, -0.2) is 51.7 Å². The minimum atomic E-state index is -0.649. The highest BCUT2D eigenvalue weighted by atomic mass is 32.2. The van der Waals surface area contributed by atoms with Crippen molar-refractivity contribution in [2.45, 2.75) is 44.7 Å². The predicted octanol–water partition coefficient (Wildman–Crippen LogP) is 4.17. The summed E-state index contributed by atoms with van der Waals surface area (Å²) in [6.45, 7) is 0.932. The second kappa shape index (κ2) is 11.9. The maximum Gasteiger partial charge on any atom is 0.251 e. The molecule has 2 N–H and O–H groups in total. The van der Waals surface area contributed by atoms with Crippen LogP contribution < -0.4 is 15.4 Å². The lowest BCUT2D eigenvalue weighted by molar-refractivity contribution is -0.118. The molecule has 1 aliphatic heterocycles. The third-order valence-corrected chi connectivity index (χ3v) is 6.75. The van der Waals surface area contributed by atoms with Crippen molar-refractivity contribution in [2.24, 2.45) is 0 Å². The van der Waals surface area contributed by atoms with Gasteiger partial charge in [-0.05, 0) is 79.8 Å². The molecule has 8 nitrogen and oxygen atoms in total. The highest BCUT2D eigenvalue weighted by Gasteiger charge is 2.22. The Balaban J connectivity index is 1.43. The number of hydrogen-bond donors (Lipinski definition) is 2. The van der Waals surface area contributed by atoms with Crippen LogP contribution in [0.4, 0.5) is 5.69 Å². The van der Waals surface area contributed by atoms with E-state index in [-0.39, 0.29) is 11.8 Å². The largest absolute Gasteiger partial charge is 0.497 e. The summed E-state index contributed by atoms with van der Waals surface area (Å²) < 4.78 is 7.35. The van der Waals surface area contributed by atoms with Crippen LogP contribution in [0.25, 0.3) is 11.4 Å². The van der Waals surface area contributed by atoms with Crippen LogP contribution >= 0.6 is 11.8 Å². The van der Waals surface area contributed by atoms with Gasteiger partial charge < -0.3 is 19.9 Å². The van der Waals surface area contributed by atoms with Gasteiger partial charge in [-0.3, -0.25) is 9.59 Å². The topological polar surface area (TPSA) is 98.1 Å². The summed E-state index contributed by atoms with van der Waals surface area (Å²) in [5, 5.41) is 14.6. The molecule has 0 spiro atoms. The first-order chi connectivity index (χ1) is 17.1. The van der Waals surface area contributed by atoms with Crippen LogP contribution in [0.3, 0.4) is 0 Å². The summed E-state index contributed by atoms with van der Waals surface area (Å²) in [4.78, 5) is 25.8. The summed E-state index contributed by atoms with van der Waals surface area (Å²) in [7, 11) is 1.57. The standard InChI is InChI=1S/C26H31N5O3S/c1-34-21-13-9-19(10-14-21)25(32)28-22(15-17-35-2)26(33)27-20-11-7-18(8-12-20)24-30-29-23-6-4-3-5-16-31(23)24/h7-14,22H,3-6,15-17H2,1-2H3,(H,27,33)(H,28,32). The number of anilines is 1. The van der Waals surface area contributed by atoms with Gasteiger partial charge in [0.2, 0.25) is 5.91 Å². The van der Waals surface area contributed by atoms with Gasteiger partial charge >= 0.3 is 0 Å². The van der Waals surface area contributed by atoms with Crippen LogP contribution in [0.5, 0.6) is 5.75 Å². The number of nitrogens with one attached hydrogen (secondary N) is 2. The van der Waals surface area contributed by atoms with E-state index in [9.17, 15) is 9.59 Å². The van der Waals surface area contributed by atoms with Crippen molar-refractivity contribution < 1.29 is 14.3 Å². The summed E-state index contributed by atoms with van der Waals surface area (Å²) in [6.07, 6.45) is 6.95. The molecular formula is C26H31N5O3S. The summed E-state index contributed by atoms with van der Waals surface area (Å²) in [6, 6.07) is 13.8. The van der Waals surface area contributed by atoms with Crippen molar-refractivity contribution >= 4 is 29.3 Å². The zero-order valence-electron chi connectivity index (χ0n) is 20.1. The van der Waals surface area contributed by atoms with E-state index in [1.807, 2.05) is 30.5 Å². The second-order valence-electron chi connectivity index (χ2n) is 8.50. The van der Waals surface area contributed by atoms with Gasteiger partial charge in [-0.25, -0.2) is 0 Å². The van der Waals surface area contributed by atoms with Crippen molar-refractivity contribution in [3.63, 3.8) is 0 Å². The first-order valence-corrected chi connectivity index (χ1v) is 13.3. The molecule has 0 radical (unpaired) electrons. The summed E-state index contributed by atoms with van der Waals surface area (Å²) in [5.74, 6) is 2.78. The van der Waals surface area contributed by atoms with Crippen LogP contribution in [0.1, 0.15) is 41.9 Å². The monoisotopic (exact) mass is 493 g/mol. The lowest BCUT2D eigenvalue weighted by Crippen LogP contribution is -2.44. The van der Waals surface area contributed by atoms with Gasteiger partial charge in [0.25, 0.3) is 5.91 Å². The first kappa shape index (κ1) is 24.8. The average Bonchev–Trinajstić information content (AvgIpc) is 3.14. The molecule has 4 rings (SSSR count). The third-order valence-electron chi connectivity index (χ3n) is 6.10. The third kappa shape index (κ3) is 6.22. The molecule has 35 heavy (non-hydrogen) atoms. The molecular weight excluding hydrogens is 462 g/mol. The zero-order chi connectivity index (χ0) is 24.6. The number of nitrogens with zero attached hydrogens (tertiary/aromatic N) is 3. The number of aryl methyl sites for hydroxylation is 1. The Bertz CT molecular complexity index is 1140. The number of carbonyl (C=O) groups is 2. The number of amides is 2. The average molecular weight is 494 g/mol. The number of fused-ring (bicyclic) bond motifs is 1. The molecule has 184 valence electrons. The van der Waals surface area contributed by atoms with E-state index < -0.39 is 6.04 Å². The minimum Gasteiger partial charge on any atom is -0.497 e. The first-order valence-electron chi connectivity index (χ1n) is 11.9. The van der Waals surface area contributed by atoms with Crippen LogP contribution in [0, 0.1) is 0 Å². The number of rotatable bonds is 9. The van der Waals surface area contributed by atoms with Gasteiger partial charge in [-0.1, -0.05) is 6.42 Å². The van der Waals surface area contributed by atoms with E-state index in [0.717, 1.165) is 48.8 Å². The molecule has 1 aliphatic rings. The lowest BCUT2D eigenvalue weighted by atomic mass is 10.1. The molecule has 2 heterocycles. The molecule has 1 unspecified atom stereocenters.